The monoisotopic (exact) mass is 236 g/mol. The Morgan fingerprint density at radius 3 is 3.06 bits per heavy atom. The molecule has 2 unspecified atom stereocenters. The fraction of sp³-hybridized carbons (Fsp3) is 0.615. The topological polar surface area (TPSA) is 43.4 Å². The molecule has 0 saturated carbocycles. The average Bonchev–Trinajstić information content (AvgIpc) is 2.38. The lowest BCUT2D eigenvalue weighted by molar-refractivity contribution is 0.0386. The summed E-state index contributed by atoms with van der Waals surface area (Å²) < 4.78 is 10.5. The van der Waals surface area contributed by atoms with Gasteiger partial charge in [0.05, 0.1) is 13.7 Å². The van der Waals surface area contributed by atoms with Crippen LogP contribution in [-0.2, 0) is 11.3 Å². The number of nitrogens with one attached hydrogen (secondary N) is 1. The van der Waals surface area contributed by atoms with Gasteiger partial charge in [0.2, 0.25) is 5.88 Å². The summed E-state index contributed by atoms with van der Waals surface area (Å²) in [5.74, 6) is 1.24. The lowest BCUT2D eigenvalue weighted by atomic mass is 9.98. The van der Waals surface area contributed by atoms with E-state index in [1.165, 1.54) is 5.56 Å². The largest absolute Gasteiger partial charge is 0.481 e. The Kier molecular flexibility index (Phi) is 4.34. The minimum absolute atomic E-state index is 0.547. The zero-order valence-electron chi connectivity index (χ0n) is 10.5. The first-order chi connectivity index (χ1) is 8.29. The maximum absolute atomic E-state index is 5.43. The number of ether oxygens (including phenoxy) is 2. The molecule has 1 aromatic heterocycles. The first-order valence-electron chi connectivity index (χ1n) is 6.09. The summed E-state index contributed by atoms with van der Waals surface area (Å²) in [6.07, 6.45) is 2.95. The molecule has 2 heterocycles. The van der Waals surface area contributed by atoms with Crippen LogP contribution in [0.25, 0.3) is 0 Å². The quantitative estimate of drug-likeness (QED) is 0.862. The number of methoxy groups -OCH3 is 1. The highest BCUT2D eigenvalue weighted by Gasteiger charge is 2.20. The van der Waals surface area contributed by atoms with Gasteiger partial charge in [0, 0.05) is 31.5 Å². The van der Waals surface area contributed by atoms with Crippen LogP contribution in [0.4, 0.5) is 0 Å². The van der Waals surface area contributed by atoms with Gasteiger partial charge in [-0.25, -0.2) is 4.98 Å². The van der Waals surface area contributed by atoms with E-state index < -0.39 is 0 Å². The maximum atomic E-state index is 5.43. The lowest BCUT2D eigenvalue weighted by Crippen LogP contribution is -2.40. The summed E-state index contributed by atoms with van der Waals surface area (Å²) in [5.41, 5.74) is 1.18. The van der Waals surface area contributed by atoms with Crippen LogP contribution in [0.15, 0.2) is 18.3 Å². The van der Waals surface area contributed by atoms with E-state index in [4.69, 9.17) is 9.47 Å². The number of aromatic nitrogens is 1. The van der Waals surface area contributed by atoms with Crippen molar-refractivity contribution in [3.8, 4) is 5.88 Å². The number of nitrogens with zero attached hydrogens (tertiary/aromatic N) is 1. The van der Waals surface area contributed by atoms with Gasteiger partial charge in [-0.3, -0.25) is 0 Å². The molecule has 4 nitrogen and oxygen atoms in total. The Morgan fingerprint density at radius 2 is 2.41 bits per heavy atom. The van der Waals surface area contributed by atoms with Gasteiger partial charge in [-0.15, -0.1) is 0 Å². The Balaban J connectivity index is 1.84. The van der Waals surface area contributed by atoms with Crippen LogP contribution in [0.3, 0.4) is 0 Å². The van der Waals surface area contributed by atoms with Crippen molar-refractivity contribution in [3.05, 3.63) is 23.9 Å². The van der Waals surface area contributed by atoms with Crippen LogP contribution < -0.4 is 10.1 Å². The molecule has 2 rings (SSSR count). The molecule has 1 aliphatic rings. The van der Waals surface area contributed by atoms with Gasteiger partial charge in [-0.05, 0) is 17.9 Å². The van der Waals surface area contributed by atoms with Gasteiger partial charge < -0.3 is 14.8 Å². The Labute approximate surface area is 102 Å². The molecule has 1 aromatic rings. The highest BCUT2D eigenvalue weighted by molar-refractivity contribution is 5.17. The van der Waals surface area contributed by atoms with Crippen LogP contribution in [0.5, 0.6) is 5.88 Å². The van der Waals surface area contributed by atoms with Crippen molar-refractivity contribution < 1.29 is 9.47 Å². The minimum Gasteiger partial charge on any atom is -0.481 e. The molecular formula is C13H20N2O2. The molecule has 1 N–H and O–H groups in total. The van der Waals surface area contributed by atoms with E-state index in [1.807, 2.05) is 18.3 Å². The molecule has 0 aliphatic carbocycles. The second kappa shape index (κ2) is 5.98. The van der Waals surface area contributed by atoms with Crippen molar-refractivity contribution in [2.75, 3.05) is 20.3 Å². The van der Waals surface area contributed by atoms with Gasteiger partial charge in [0.1, 0.15) is 0 Å². The SMILES string of the molecule is COc1ccc(CNC2CCOCC2C)cn1. The van der Waals surface area contributed by atoms with Gasteiger partial charge in [-0.1, -0.05) is 13.0 Å². The van der Waals surface area contributed by atoms with Gasteiger partial charge in [-0.2, -0.15) is 0 Å². The van der Waals surface area contributed by atoms with Crippen LogP contribution >= 0.6 is 0 Å². The predicted molar refractivity (Wildman–Crippen MR) is 66.0 cm³/mol. The molecule has 0 amide bonds. The second-order valence-corrected chi connectivity index (χ2v) is 4.54. The van der Waals surface area contributed by atoms with Gasteiger partial charge in [0.25, 0.3) is 0 Å². The molecule has 1 aliphatic heterocycles. The summed E-state index contributed by atoms with van der Waals surface area (Å²) in [4.78, 5) is 4.19. The fourth-order valence-electron chi connectivity index (χ4n) is 2.07. The van der Waals surface area contributed by atoms with E-state index in [0.717, 1.165) is 26.2 Å². The number of rotatable bonds is 4. The highest BCUT2D eigenvalue weighted by atomic mass is 16.5. The first-order valence-corrected chi connectivity index (χ1v) is 6.09. The molecule has 0 bridgehead atoms. The first kappa shape index (κ1) is 12.3. The Bertz CT molecular complexity index is 340. The summed E-state index contributed by atoms with van der Waals surface area (Å²) in [5, 5.41) is 3.56. The molecule has 94 valence electrons. The number of hydrogen-bond donors (Lipinski definition) is 1. The zero-order chi connectivity index (χ0) is 12.1. The van der Waals surface area contributed by atoms with E-state index in [-0.39, 0.29) is 0 Å². The Hall–Kier alpha value is -1.13. The molecule has 4 heteroatoms. The minimum atomic E-state index is 0.547. The standard InChI is InChI=1S/C13H20N2O2/c1-10-9-17-6-5-12(10)14-7-11-3-4-13(16-2)15-8-11/h3-4,8,10,12,14H,5-7,9H2,1-2H3. The van der Waals surface area contributed by atoms with Crippen molar-refractivity contribution in [3.63, 3.8) is 0 Å². The normalized spacial score (nSPS) is 24.6. The van der Waals surface area contributed by atoms with Gasteiger partial charge in [0.15, 0.2) is 0 Å². The third-order valence-electron chi connectivity index (χ3n) is 3.22. The van der Waals surface area contributed by atoms with Crippen molar-refractivity contribution >= 4 is 0 Å². The summed E-state index contributed by atoms with van der Waals surface area (Å²) >= 11 is 0. The van der Waals surface area contributed by atoms with E-state index in [0.29, 0.717) is 17.8 Å². The average molecular weight is 236 g/mol. The second-order valence-electron chi connectivity index (χ2n) is 4.54. The molecule has 0 aromatic carbocycles. The zero-order valence-corrected chi connectivity index (χ0v) is 10.5. The maximum Gasteiger partial charge on any atom is 0.212 e. The number of pyridine rings is 1. The van der Waals surface area contributed by atoms with Crippen LogP contribution in [0, 0.1) is 5.92 Å². The van der Waals surface area contributed by atoms with Crippen LogP contribution in [-0.4, -0.2) is 31.3 Å². The highest BCUT2D eigenvalue weighted by Crippen LogP contribution is 2.14. The van der Waals surface area contributed by atoms with E-state index in [2.05, 4.69) is 17.2 Å². The molecule has 17 heavy (non-hydrogen) atoms. The third kappa shape index (κ3) is 3.41. The van der Waals surface area contributed by atoms with E-state index in [9.17, 15) is 0 Å². The molecular weight excluding hydrogens is 216 g/mol. The fourth-order valence-corrected chi connectivity index (χ4v) is 2.07. The van der Waals surface area contributed by atoms with Crippen molar-refractivity contribution in [2.24, 2.45) is 5.92 Å². The van der Waals surface area contributed by atoms with E-state index in [1.54, 1.807) is 7.11 Å². The van der Waals surface area contributed by atoms with Crippen LogP contribution in [0.1, 0.15) is 18.9 Å². The van der Waals surface area contributed by atoms with Crippen molar-refractivity contribution in [1.29, 1.82) is 0 Å². The smallest absolute Gasteiger partial charge is 0.212 e. The molecule has 2 atom stereocenters. The third-order valence-corrected chi connectivity index (χ3v) is 3.22. The summed E-state index contributed by atoms with van der Waals surface area (Å²) in [7, 11) is 1.63. The molecule has 0 spiro atoms. The summed E-state index contributed by atoms with van der Waals surface area (Å²) in [6, 6.07) is 4.48. The van der Waals surface area contributed by atoms with Crippen molar-refractivity contribution in [1.82, 2.24) is 10.3 Å². The van der Waals surface area contributed by atoms with Crippen molar-refractivity contribution in [2.45, 2.75) is 25.9 Å². The Morgan fingerprint density at radius 1 is 1.53 bits per heavy atom. The molecule has 1 fully saturated rings. The molecule has 1 saturated heterocycles. The lowest BCUT2D eigenvalue weighted by Gasteiger charge is -2.29. The predicted octanol–water partition coefficient (Wildman–Crippen LogP) is 1.60. The van der Waals surface area contributed by atoms with Gasteiger partial charge >= 0.3 is 0 Å². The van der Waals surface area contributed by atoms with E-state index >= 15 is 0 Å². The molecule has 0 radical (unpaired) electrons. The summed E-state index contributed by atoms with van der Waals surface area (Å²) in [6.45, 7) is 4.80. The van der Waals surface area contributed by atoms with Crippen LogP contribution in [0.2, 0.25) is 0 Å². The number of hydrogen-bond acceptors (Lipinski definition) is 4.